The summed E-state index contributed by atoms with van der Waals surface area (Å²) in [6.07, 6.45) is -5.05. The van der Waals surface area contributed by atoms with Gasteiger partial charge in [0.2, 0.25) is 10.0 Å². The molecule has 0 radical (unpaired) electrons. The molecule has 4 rings (SSSR count). The summed E-state index contributed by atoms with van der Waals surface area (Å²) in [4.78, 5) is 34.8. The summed E-state index contributed by atoms with van der Waals surface area (Å²) in [5.41, 5.74) is -2.39. The number of sulfonamides is 1. The maximum absolute atomic E-state index is 12.8. The first-order chi connectivity index (χ1) is 23.0. The Hall–Kier alpha value is -4.10. The Morgan fingerprint density at radius 2 is 1.60 bits per heavy atom. The number of carbonyl (C=O) groups excluding carboxylic acids is 1. The van der Waals surface area contributed by atoms with Gasteiger partial charge in [0.25, 0.3) is 0 Å². The van der Waals surface area contributed by atoms with Crippen LogP contribution in [-0.4, -0.2) is 52.2 Å². The number of aryl methyl sites for hydroxylation is 1. The molecule has 0 aliphatic carbocycles. The molecule has 0 aliphatic rings. The molecule has 0 amide bonds. The fourth-order valence-electron chi connectivity index (χ4n) is 3.72. The number of carboxylic acids is 1. The van der Waals surface area contributed by atoms with Gasteiger partial charge >= 0.3 is 30.4 Å². The Kier molecular flexibility index (Phi) is 12.8. The van der Waals surface area contributed by atoms with E-state index in [1.165, 1.54) is 25.1 Å². The highest BCUT2D eigenvalue weighted by atomic mass is 35.5. The lowest BCUT2D eigenvalue weighted by Gasteiger charge is -2.13. The number of esters is 1. The Morgan fingerprint density at radius 3 is 2.12 bits per heavy atom. The van der Waals surface area contributed by atoms with E-state index < -0.39 is 52.0 Å². The molecule has 1 aromatic heterocycles. The van der Waals surface area contributed by atoms with Crippen LogP contribution < -0.4 is 15.1 Å². The van der Waals surface area contributed by atoms with Crippen LogP contribution >= 0.6 is 46.4 Å². The average Bonchev–Trinajstić information content (AvgIpc) is 3.28. The van der Waals surface area contributed by atoms with Gasteiger partial charge in [-0.1, -0.05) is 46.4 Å². The first-order valence-electron chi connectivity index (χ1n) is 13.2. The zero-order chi connectivity index (χ0) is 37.9. The predicted molar refractivity (Wildman–Crippen MR) is 173 cm³/mol. The molecule has 0 saturated heterocycles. The van der Waals surface area contributed by atoms with Gasteiger partial charge in [0.05, 0.1) is 48.8 Å². The number of carboxylic acid groups (broad SMARTS) is 1. The number of anilines is 1. The molecule has 0 aliphatic heterocycles. The van der Waals surface area contributed by atoms with E-state index in [1.807, 2.05) is 0 Å². The molecular weight excluding hydrogens is 789 g/mol. The molecule has 270 valence electrons. The van der Waals surface area contributed by atoms with Crippen LogP contribution in [0.25, 0.3) is 5.69 Å². The number of rotatable bonds is 9. The summed E-state index contributed by atoms with van der Waals surface area (Å²) in [7, 11) is -3.65. The summed E-state index contributed by atoms with van der Waals surface area (Å²) < 4.78 is 99.4. The zero-order valence-electron chi connectivity index (χ0n) is 25.2. The van der Waals surface area contributed by atoms with E-state index in [-0.39, 0.29) is 58.9 Å². The molecule has 0 fully saturated rings. The van der Waals surface area contributed by atoms with Crippen LogP contribution in [0.3, 0.4) is 0 Å². The van der Waals surface area contributed by atoms with Crippen LogP contribution in [0.1, 0.15) is 35.2 Å². The number of nitrogens with one attached hydrogen (secondary N) is 1. The zero-order valence-corrected chi connectivity index (χ0v) is 29.1. The highest BCUT2D eigenvalue weighted by Gasteiger charge is 2.31. The number of ether oxygens (including phenoxy) is 2. The summed E-state index contributed by atoms with van der Waals surface area (Å²) in [5, 5.41) is 12.1. The van der Waals surface area contributed by atoms with Crippen LogP contribution in [0.5, 0.6) is 11.5 Å². The number of hydrogen-bond acceptors (Lipinski definition) is 8. The molecular formula is C28H21Cl4F5N4O8S. The van der Waals surface area contributed by atoms with Crippen molar-refractivity contribution in [2.45, 2.75) is 32.7 Å². The van der Waals surface area contributed by atoms with Gasteiger partial charge < -0.3 is 14.6 Å². The normalized spacial score (nSPS) is 12.2. The second kappa shape index (κ2) is 15.8. The van der Waals surface area contributed by atoms with Gasteiger partial charge in [0, 0.05) is 0 Å². The van der Waals surface area contributed by atoms with Gasteiger partial charge in [0.1, 0.15) is 17.3 Å². The second-order valence-electron chi connectivity index (χ2n) is 9.82. The van der Waals surface area contributed by atoms with E-state index in [0.717, 1.165) is 37.4 Å². The largest absolute Gasteiger partial charge is 0.479 e. The molecule has 3 aromatic carbocycles. The smallest absolute Gasteiger partial charge is 0.416 e. The van der Waals surface area contributed by atoms with Gasteiger partial charge in [0.15, 0.2) is 6.10 Å². The molecule has 22 heteroatoms. The number of alkyl halides is 5. The molecule has 1 heterocycles. The molecule has 1 atom stereocenters. The van der Waals surface area contributed by atoms with E-state index in [0.29, 0.717) is 10.7 Å². The molecule has 0 saturated carbocycles. The second-order valence-corrected chi connectivity index (χ2v) is 13.2. The number of aromatic nitrogens is 3. The Balaban J connectivity index is 0.000000274. The number of benzene rings is 3. The third kappa shape index (κ3) is 10.2. The first-order valence-corrected chi connectivity index (χ1v) is 16.6. The fourth-order valence-corrected chi connectivity index (χ4v) is 5.27. The highest BCUT2D eigenvalue weighted by molar-refractivity contribution is 7.92. The summed E-state index contributed by atoms with van der Waals surface area (Å²) in [6, 6.07) is 8.64. The standard InChI is InChI=1S/C17H11Cl2F3O5.C11H10Cl2F2N4O3S/c1-8(15(23)24)26-16(25)11-7-10(3-4-12(11)18)27-14-5-2-9(6-13(14)19)17(20,21)22;1-5-16-19(11(20)18(5)10(14)15)9-4-8(17-23(2,21)22)6(12)3-7(9)13/h2-8H,1H3,(H,23,24);3-4,10,17H,1-2H3/t8-;/m0./s1. The van der Waals surface area contributed by atoms with Crippen molar-refractivity contribution < 1.29 is 54.5 Å². The van der Waals surface area contributed by atoms with Crippen molar-refractivity contribution in [3.8, 4) is 17.2 Å². The number of nitrogens with zero attached hydrogens (tertiary/aromatic N) is 3. The maximum Gasteiger partial charge on any atom is 0.416 e. The van der Waals surface area contributed by atoms with Crippen LogP contribution in [0.4, 0.5) is 27.6 Å². The molecule has 12 nitrogen and oxygen atoms in total. The van der Waals surface area contributed by atoms with Crippen molar-refractivity contribution in [1.29, 1.82) is 0 Å². The summed E-state index contributed by atoms with van der Waals surface area (Å²) >= 11 is 23.6. The monoisotopic (exact) mass is 808 g/mol. The summed E-state index contributed by atoms with van der Waals surface area (Å²) in [6.45, 7) is -0.684. The lowest BCUT2D eigenvalue weighted by atomic mass is 10.2. The topological polar surface area (TPSA) is 159 Å². The van der Waals surface area contributed by atoms with Crippen LogP contribution in [-0.2, 0) is 25.7 Å². The molecule has 4 aromatic rings. The van der Waals surface area contributed by atoms with Crippen molar-refractivity contribution in [3.05, 3.63) is 96.1 Å². The molecule has 0 bridgehead atoms. The van der Waals surface area contributed by atoms with E-state index >= 15 is 0 Å². The quantitative estimate of drug-likeness (QED) is 0.127. The Labute approximate surface area is 298 Å². The average molecular weight is 810 g/mol. The van der Waals surface area contributed by atoms with E-state index in [1.54, 1.807) is 0 Å². The van der Waals surface area contributed by atoms with Gasteiger partial charge in [-0.25, -0.2) is 27.4 Å². The number of aliphatic carboxylic acids is 1. The minimum atomic E-state index is -4.56. The van der Waals surface area contributed by atoms with Gasteiger partial charge in [-0.2, -0.15) is 26.6 Å². The lowest BCUT2D eigenvalue weighted by molar-refractivity contribution is -0.146. The molecule has 2 N–H and O–H groups in total. The molecule has 0 unspecified atom stereocenters. The number of carbonyl (C=O) groups is 2. The van der Waals surface area contributed by atoms with Gasteiger partial charge in [-0.3, -0.25) is 4.72 Å². The maximum atomic E-state index is 12.8. The van der Waals surface area contributed by atoms with E-state index in [4.69, 9.17) is 61.0 Å². The van der Waals surface area contributed by atoms with E-state index in [9.17, 15) is 44.8 Å². The van der Waals surface area contributed by atoms with E-state index in [2.05, 4.69) is 9.82 Å². The number of hydrogen-bond donors (Lipinski definition) is 2. The third-order valence-corrected chi connectivity index (χ3v) is 7.84. The van der Waals surface area contributed by atoms with Crippen LogP contribution in [0.15, 0.2) is 53.3 Å². The SMILES string of the molecule is C[C@H](OC(=O)c1cc(Oc2ccc(C(F)(F)F)cc2Cl)ccc1Cl)C(=O)O.Cc1nn(-c2cc(NS(C)(=O)=O)c(Cl)cc2Cl)c(=O)n1C(F)F. The first kappa shape index (κ1) is 40.3. The Morgan fingerprint density at radius 1 is 0.960 bits per heavy atom. The Bertz CT molecular complexity index is 2110. The molecule has 50 heavy (non-hydrogen) atoms. The minimum absolute atomic E-state index is 0.0246. The van der Waals surface area contributed by atoms with Crippen molar-refractivity contribution in [2.75, 3.05) is 11.0 Å². The van der Waals surface area contributed by atoms with Gasteiger partial charge in [-0.15, -0.1) is 5.10 Å². The lowest BCUT2D eigenvalue weighted by Crippen LogP contribution is -2.25. The van der Waals surface area contributed by atoms with Gasteiger partial charge in [-0.05, 0) is 62.4 Å². The third-order valence-electron chi connectivity index (χ3n) is 6.01. The van der Waals surface area contributed by atoms with Crippen LogP contribution in [0, 0.1) is 6.92 Å². The minimum Gasteiger partial charge on any atom is -0.479 e. The fraction of sp³-hybridized carbons (Fsp3) is 0.214. The molecule has 0 spiro atoms. The van der Waals surface area contributed by atoms with Crippen molar-refractivity contribution in [2.24, 2.45) is 0 Å². The highest BCUT2D eigenvalue weighted by Crippen LogP contribution is 2.37. The van der Waals surface area contributed by atoms with Crippen molar-refractivity contribution in [1.82, 2.24) is 14.3 Å². The summed E-state index contributed by atoms with van der Waals surface area (Å²) in [5.74, 6) is -2.61. The van der Waals surface area contributed by atoms with Crippen molar-refractivity contribution in [3.63, 3.8) is 0 Å². The number of halogens is 9. The predicted octanol–water partition coefficient (Wildman–Crippen LogP) is 7.85. The van der Waals surface area contributed by atoms with Crippen molar-refractivity contribution >= 4 is 74.1 Å². The van der Waals surface area contributed by atoms with Crippen LogP contribution in [0.2, 0.25) is 20.1 Å².